The third kappa shape index (κ3) is 5.20. The van der Waals surface area contributed by atoms with Gasteiger partial charge in [0.25, 0.3) is 11.5 Å². The summed E-state index contributed by atoms with van der Waals surface area (Å²) in [4.78, 5) is 29.8. The maximum Gasteiger partial charge on any atom is 0.265 e. The van der Waals surface area contributed by atoms with Gasteiger partial charge in [-0.3, -0.25) is 14.0 Å². The summed E-state index contributed by atoms with van der Waals surface area (Å²) in [7, 11) is 0. The number of pyridine rings is 1. The fourth-order valence-corrected chi connectivity index (χ4v) is 3.43. The molecule has 0 saturated carbocycles. The Balaban J connectivity index is 1.49. The molecule has 1 N–H and O–H groups in total. The number of para-hydroxylation sites is 3. The minimum atomic E-state index is -0.648. The number of nitrogens with one attached hydrogen (secondary N) is 1. The van der Waals surface area contributed by atoms with E-state index in [0.717, 1.165) is 5.56 Å². The van der Waals surface area contributed by atoms with Gasteiger partial charge in [0.15, 0.2) is 6.10 Å². The minimum absolute atomic E-state index is 0.0880. The molecule has 0 fully saturated rings. The van der Waals surface area contributed by atoms with E-state index in [4.69, 9.17) is 9.47 Å². The summed E-state index contributed by atoms with van der Waals surface area (Å²) in [5.41, 5.74) is 2.34. The number of carbonyl (C=O) groups is 1. The van der Waals surface area contributed by atoms with Crippen molar-refractivity contribution in [1.29, 1.82) is 0 Å². The van der Waals surface area contributed by atoms with Gasteiger partial charge in [-0.15, -0.1) is 0 Å². The monoisotopic (exact) mass is 443 g/mol. The van der Waals surface area contributed by atoms with Gasteiger partial charge < -0.3 is 14.8 Å². The second-order valence-electron chi connectivity index (χ2n) is 7.57. The van der Waals surface area contributed by atoms with Gasteiger partial charge in [0, 0.05) is 12.3 Å². The van der Waals surface area contributed by atoms with Crippen molar-refractivity contribution in [2.24, 2.45) is 0 Å². The van der Waals surface area contributed by atoms with Crippen molar-refractivity contribution >= 4 is 17.2 Å². The van der Waals surface area contributed by atoms with E-state index in [2.05, 4.69) is 10.3 Å². The molecule has 0 aliphatic heterocycles. The van der Waals surface area contributed by atoms with Gasteiger partial charge >= 0.3 is 0 Å². The first kappa shape index (κ1) is 22.1. The smallest absolute Gasteiger partial charge is 0.265 e. The molecule has 2 aromatic heterocycles. The predicted molar refractivity (Wildman–Crippen MR) is 127 cm³/mol. The highest BCUT2D eigenvalue weighted by Crippen LogP contribution is 2.25. The number of hydrogen-bond donors (Lipinski definition) is 1. The minimum Gasteiger partial charge on any atom is -0.485 e. The van der Waals surface area contributed by atoms with E-state index in [1.165, 1.54) is 10.5 Å². The second-order valence-corrected chi connectivity index (χ2v) is 7.57. The molecule has 168 valence electrons. The van der Waals surface area contributed by atoms with Crippen LogP contribution in [0.25, 0.3) is 5.65 Å². The van der Waals surface area contributed by atoms with Crippen molar-refractivity contribution in [2.45, 2.75) is 33.0 Å². The summed E-state index contributed by atoms with van der Waals surface area (Å²) in [5.74, 6) is 0.843. The summed E-state index contributed by atoms with van der Waals surface area (Å²) < 4.78 is 13.3. The van der Waals surface area contributed by atoms with Crippen LogP contribution >= 0.6 is 0 Å². The summed E-state index contributed by atoms with van der Waals surface area (Å²) in [6.07, 6.45) is 1.55. The molecule has 0 aliphatic rings. The van der Waals surface area contributed by atoms with Crippen LogP contribution < -0.4 is 20.3 Å². The Morgan fingerprint density at radius 3 is 2.61 bits per heavy atom. The maximum atomic E-state index is 12.9. The van der Waals surface area contributed by atoms with Crippen LogP contribution in [-0.4, -0.2) is 21.4 Å². The average Bonchev–Trinajstić information content (AvgIpc) is 2.83. The average molecular weight is 444 g/mol. The van der Waals surface area contributed by atoms with E-state index in [9.17, 15) is 9.59 Å². The third-order valence-electron chi connectivity index (χ3n) is 5.14. The van der Waals surface area contributed by atoms with E-state index < -0.39 is 6.10 Å². The fraction of sp³-hybridized carbons (Fsp3) is 0.192. The molecule has 0 radical (unpaired) electrons. The van der Waals surface area contributed by atoms with Crippen LogP contribution in [0.3, 0.4) is 0 Å². The molecule has 0 bridgehead atoms. The summed E-state index contributed by atoms with van der Waals surface area (Å²) >= 11 is 0. The van der Waals surface area contributed by atoms with Gasteiger partial charge in [0.1, 0.15) is 23.8 Å². The molecule has 1 amide bonds. The van der Waals surface area contributed by atoms with Gasteiger partial charge in [-0.1, -0.05) is 43.3 Å². The Morgan fingerprint density at radius 1 is 1.06 bits per heavy atom. The zero-order valence-corrected chi connectivity index (χ0v) is 18.5. The molecule has 1 unspecified atom stereocenters. The van der Waals surface area contributed by atoms with Gasteiger partial charge in [-0.05, 0) is 49.2 Å². The van der Waals surface area contributed by atoms with Gasteiger partial charge in [-0.25, -0.2) is 4.98 Å². The number of rotatable bonds is 8. The molecule has 0 saturated heterocycles. The van der Waals surface area contributed by atoms with Crippen LogP contribution in [-0.2, 0) is 11.4 Å². The van der Waals surface area contributed by atoms with Gasteiger partial charge in [-0.2, -0.15) is 0 Å². The molecule has 4 rings (SSSR count). The molecule has 7 heteroatoms. The van der Waals surface area contributed by atoms with Crippen LogP contribution in [0.4, 0.5) is 5.69 Å². The zero-order chi connectivity index (χ0) is 23.2. The van der Waals surface area contributed by atoms with E-state index in [0.29, 0.717) is 34.9 Å². The predicted octanol–water partition coefficient (Wildman–Crippen LogP) is 4.38. The molecular formula is C26H25N3O4. The lowest BCUT2D eigenvalue weighted by molar-refractivity contribution is -0.122. The molecule has 2 aromatic carbocycles. The second kappa shape index (κ2) is 9.99. The van der Waals surface area contributed by atoms with E-state index in [1.54, 1.807) is 18.3 Å². The number of benzene rings is 2. The van der Waals surface area contributed by atoms with Crippen LogP contribution in [0.5, 0.6) is 11.5 Å². The number of ether oxygens (including phenoxy) is 2. The Bertz CT molecular complexity index is 1320. The molecule has 7 nitrogen and oxygen atoms in total. The number of hydrogen-bond acceptors (Lipinski definition) is 5. The first-order valence-electron chi connectivity index (χ1n) is 10.8. The van der Waals surface area contributed by atoms with Crippen molar-refractivity contribution in [3.63, 3.8) is 0 Å². The standard InChI is InChI=1S/C26H25N3O4/c1-3-22(33-20-11-5-4-6-12-20)26(31)28-21-13-7-8-14-23(21)32-17-19-16-24(30)29-15-9-10-18(2)25(29)27-19/h4-16,22H,3,17H2,1-2H3,(H,28,31). The van der Waals surface area contributed by atoms with Crippen molar-refractivity contribution < 1.29 is 14.3 Å². The van der Waals surface area contributed by atoms with Gasteiger partial charge in [0.2, 0.25) is 0 Å². The summed E-state index contributed by atoms with van der Waals surface area (Å²) in [6, 6.07) is 21.5. The van der Waals surface area contributed by atoms with Crippen molar-refractivity contribution in [3.05, 3.63) is 101 Å². The first-order chi connectivity index (χ1) is 16.0. The number of anilines is 1. The maximum absolute atomic E-state index is 12.9. The van der Waals surface area contributed by atoms with Crippen molar-refractivity contribution in [3.8, 4) is 11.5 Å². The lowest BCUT2D eigenvalue weighted by Gasteiger charge is -2.18. The lowest BCUT2D eigenvalue weighted by Crippen LogP contribution is -2.32. The number of aromatic nitrogens is 2. The molecule has 0 aliphatic carbocycles. The Morgan fingerprint density at radius 2 is 1.82 bits per heavy atom. The number of aryl methyl sites for hydroxylation is 1. The quantitative estimate of drug-likeness (QED) is 0.437. The number of nitrogens with zero attached hydrogens (tertiary/aromatic N) is 2. The van der Waals surface area contributed by atoms with Crippen molar-refractivity contribution in [1.82, 2.24) is 9.38 Å². The number of carbonyl (C=O) groups excluding carboxylic acids is 1. The highest BCUT2D eigenvalue weighted by molar-refractivity contribution is 5.95. The van der Waals surface area contributed by atoms with Gasteiger partial charge in [0.05, 0.1) is 11.4 Å². The normalized spacial score (nSPS) is 11.7. The first-order valence-corrected chi connectivity index (χ1v) is 10.8. The molecule has 2 heterocycles. The molecule has 0 spiro atoms. The Hall–Kier alpha value is -4.13. The largest absolute Gasteiger partial charge is 0.485 e. The molecule has 4 aromatic rings. The zero-order valence-electron chi connectivity index (χ0n) is 18.5. The lowest BCUT2D eigenvalue weighted by atomic mass is 10.2. The van der Waals surface area contributed by atoms with E-state index >= 15 is 0 Å². The number of fused-ring (bicyclic) bond motifs is 1. The Kier molecular flexibility index (Phi) is 6.69. The number of amides is 1. The van der Waals surface area contributed by atoms with Crippen LogP contribution in [0.15, 0.2) is 83.8 Å². The van der Waals surface area contributed by atoms with E-state index in [-0.39, 0.29) is 18.1 Å². The Labute approximate surface area is 191 Å². The molecule has 1 atom stereocenters. The van der Waals surface area contributed by atoms with Crippen LogP contribution in [0.2, 0.25) is 0 Å². The van der Waals surface area contributed by atoms with Crippen molar-refractivity contribution in [2.75, 3.05) is 5.32 Å². The van der Waals surface area contributed by atoms with Crippen LogP contribution in [0.1, 0.15) is 24.6 Å². The van der Waals surface area contributed by atoms with Crippen LogP contribution in [0, 0.1) is 6.92 Å². The highest BCUT2D eigenvalue weighted by Gasteiger charge is 2.20. The topological polar surface area (TPSA) is 81.9 Å². The third-order valence-corrected chi connectivity index (χ3v) is 5.14. The van der Waals surface area contributed by atoms with E-state index in [1.807, 2.05) is 68.4 Å². The summed E-state index contributed by atoms with van der Waals surface area (Å²) in [6.45, 7) is 3.88. The molecule has 33 heavy (non-hydrogen) atoms. The fourth-order valence-electron chi connectivity index (χ4n) is 3.43. The SMILES string of the molecule is CCC(Oc1ccccc1)C(=O)Nc1ccccc1OCc1cc(=O)n2cccc(C)c2n1. The molecular weight excluding hydrogens is 418 g/mol. The highest BCUT2D eigenvalue weighted by atomic mass is 16.5. The summed E-state index contributed by atoms with van der Waals surface area (Å²) in [5, 5.41) is 2.89.